The van der Waals surface area contributed by atoms with E-state index in [1.807, 2.05) is 44.2 Å². The van der Waals surface area contributed by atoms with Gasteiger partial charge < -0.3 is 24.3 Å². The molecule has 0 fully saturated rings. The molecule has 2 aromatic carbocycles. The standard InChI is InChI=1S/C21H25NO5/c1-5-26-18-10-15-14(13-8-7-9-17(24-3)21(13)25-4)11-20(23)22-16(15)12-19(18)27-6-2/h7-10,12,14H,5-6,11H2,1-4H3,(H,22,23)/t14-/m0/s1. The van der Waals surface area contributed by atoms with Gasteiger partial charge in [-0.1, -0.05) is 12.1 Å². The first kappa shape index (κ1) is 18.9. The number of benzene rings is 2. The topological polar surface area (TPSA) is 66.0 Å². The number of carbonyl (C=O) groups excluding carboxylic acids is 1. The molecular weight excluding hydrogens is 346 g/mol. The van der Waals surface area contributed by atoms with Gasteiger partial charge in [0.1, 0.15) is 0 Å². The van der Waals surface area contributed by atoms with Crippen LogP contribution in [-0.4, -0.2) is 33.3 Å². The minimum Gasteiger partial charge on any atom is -0.493 e. The largest absolute Gasteiger partial charge is 0.493 e. The van der Waals surface area contributed by atoms with E-state index < -0.39 is 0 Å². The summed E-state index contributed by atoms with van der Waals surface area (Å²) in [5.41, 5.74) is 2.60. The van der Waals surface area contributed by atoms with E-state index in [1.165, 1.54) is 0 Å². The van der Waals surface area contributed by atoms with Crippen LogP contribution < -0.4 is 24.3 Å². The molecule has 144 valence electrons. The molecule has 0 unspecified atom stereocenters. The Labute approximate surface area is 159 Å². The molecule has 0 saturated carbocycles. The number of hydrogen-bond donors (Lipinski definition) is 1. The van der Waals surface area contributed by atoms with E-state index in [1.54, 1.807) is 14.2 Å². The van der Waals surface area contributed by atoms with Crippen molar-refractivity contribution in [2.24, 2.45) is 0 Å². The van der Waals surface area contributed by atoms with Crippen LogP contribution in [0.5, 0.6) is 23.0 Å². The Balaban J connectivity index is 2.16. The fourth-order valence-electron chi connectivity index (χ4n) is 3.47. The minimum atomic E-state index is -0.173. The Hall–Kier alpha value is -2.89. The number of para-hydroxylation sites is 1. The molecule has 27 heavy (non-hydrogen) atoms. The van der Waals surface area contributed by atoms with Crippen LogP contribution in [-0.2, 0) is 4.79 Å². The number of hydrogen-bond acceptors (Lipinski definition) is 5. The highest BCUT2D eigenvalue weighted by atomic mass is 16.5. The molecule has 1 aliphatic heterocycles. The first-order valence-electron chi connectivity index (χ1n) is 9.07. The van der Waals surface area contributed by atoms with Crippen molar-refractivity contribution >= 4 is 11.6 Å². The van der Waals surface area contributed by atoms with Crippen molar-refractivity contribution in [2.45, 2.75) is 26.2 Å². The van der Waals surface area contributed by atoms with Crippen molar-refractivity contribution in [3.8, 4) is 23.0 Å². The fraction of sp³-hybridized carbons (Fsp3) is 0.381. The van der Waals surface area contributed by atoms with E-state index in [2.05, 4.69) is 5.32 Å². The van der Waals surface area contributed by atoms with Crippen LogP contribution in [0.25, 0.3) is 0 Å². The number of ether oxygens (including phenoxy) is 4. The van der Waals surface area contributed by atoms with Crippen molar-refractivity contribution in [3.05, 3.63) is 41.5 Å². The Morgan fingerprint density at radius 1 is 0.963 bits per heavy atom. The van der Waals surface area contributed by atoms with Gasteiger partial charge in [-0.15, -0.1) is 0 Å². The lowest BCUT2D eigenvalue weighted by Gasteiger charge is -2.29. The van der Waals surface area contributed by atoms with Gasteiger partial charge in [-0.2, -0.15) is 0 Å². The lowest BCUT2D eigenvalue weighted by atomic mass is 9.84. The second kappa shape index (κ2) is 8.20. The smallest absolute Gasteiger partial charge is 0.225 e. The molecule has 2 aromatic rings. The fourth-order valence-corrected chi connectivity index (χ4v) is 3.47. The maximum atomic E-state index is 12.4. The Morgan fingerprint density at radius 3 is 2.30 bits per heavy atom. The molecule has 0 spiro atoms. The highest BCUT2D eigenvalue weighted by Gasteiger charge is 2.31. The van der Waals surface area contributed by atoms with Gasteiger partial charge in [0.25, 0.3) is 0 Å². The van der Waals surface area contributed by atoms with E-state index in [9.17, 15) is 4.79 Å². The van der Waals surface area contributed by atoms with Crippen molar-refractivity contribution in [1.82, 2.24) is 0 Å². The van der Waals surface area contributed by atoms with Crippen LogP contribution in [0.3, 0.4) is 0 Å². The molecule has 0 aliphatic carbocycles. The van der Waals surface area contributed by atoms with Crippen LogP contribution in [0.4, 0.5) is 5.69 Å². The summed E-state index contributed by atoms with van der Waals surface area (Å²) in [5, 5.41) is 2.95. The average Bonchev–Trinajstić information content (AvgIpc) is 2.67. The molecule has 0 saturated heterocycles. The average molecular weight is 371 g/mol. The molecule has 0 aromatic heterocycles. The van der Waals surface area contributed by atoms with Crippen LogP contribution in [0.1, 0.15) is 37.3 Å². The SMILES string of the molecule is CCOc1cc2c(cc1OCC)[C@H](c1cccc(OC)c1OC)CC(=O)N2. The highest BCUT2D eigenvalue weighted by Crippen LogP contribution is 2.47. The van der Waals surface area contributed by atoms with E-state index >= 15 is 0 Å². The predicted molar refractivity (Wildman–Crippen MR) is 103 cm³/mol. The number of fused-ring (bicyclic) bond motifs is 1. The van der Waals surface area contributed by atoms with Gasteiger partial charge in [0.05, 0.1) is 27.4 Å². The molecule has 1 aliphatic rings. The normalized spacial score (nSPS) is 15.6. The number of carbonyl (C=O) groups is 1. The molecule has 3 rings (SSSR count). The summed E-state index contributed by atoms with van der Waals surface area (Å²) in [7, 11) is 3.21. The van der Waals surface area contributed by atoms with Gasteiger partial charge in [0, 0.05) is 29.7 Å². The quantitative estimate of drug-likeness (QED) is 0.798. The second-order valence-corrected chi connectivity index (χ2v) is 6.14. The molecule has 1 N–H and O–H groups in total. The number of rotatable bonds is 7. The molecule has 1 heterocycles. The molecule has 0 radical (unpaired) electrons. The number of methoxy groups -OCH3 is 2. The van der Waals surface area contributed by atoms with Crippen molar-refractivity contribution in [2.75, 3.05) is 32.8 Å². The summed E-state index contributed by atoms with van der Waals surface area (Å²) < 4.78 is 22.5. The summed E-state index contributed by atoms with van der Waals surface area (Å²) in [4.78, 5) is 12.4. The number of anilines is 1. The van der Waals surface area contributed by atoms with Gasteiger partial charge in [0.15, 0.2) is 23.0 Å². The summed E-state index contributed by atoms with van der Waals surface area (Å²) in [5.74, 6) is 2.34. The molecule has 1 amide bonds. The molecule has 0 bridgehead atoms. The zero-order chi connectivity index (χ0) is 19.4. The van der Waals surface area contributed by atoms with Crippen LogP contribution >= 0.6 is 0 Å². The molecular formula is C21H25NO5. The monoisotopic (exact) mass is 371 g/mol. The van der Waals surface area contributed by atoms with E-state index in [-0.39, 0.29) is 11.8 Å². The maximum absolute atomic E-state index is 12.4. The minimum absolute atomic E-state index is 0.0519. The molecule has 6 nitrogen and oxygen atoms in total. The lowest BCUT2D eigenvalue weighted by Crippen LogP contribution is -2.24. The maximum Gasteiger partial charge on any atom is 0.225 e. The third kappa shape index (κ3) is 3.65. The summed E-state index contributed by atoms with van der Waals surface area (Å²) in [6.45, 7) is 4.88. The highest BCUT2D eigenvalue weighted by molar-refractivity contribution is 5.96. The third-order valence-electron chi connectivity index (χ3n) is 4.56. The van der Waals surface area contributed by atoms with Crippen LogP contribution in [0, 0.1) is 0 Å². The Bertz CT molecular complexity index is 834. The Kier molecular flexibility index (Phi) is 5.74. The van der Waals surface area contributed by atoms with Crippen LogP contribution in [0.15, 0.2) is 30.3 Å². The molecule has 1 atom stereocenters. The predicted octanol–water partition coefficient (Wildman–Crippen LogP) is 3.98. The van der Waals surface area contributed by atoms with Crippen LogP contribution in [0.2, 0.25) is 0 Å². The van der Waals surface area contributed by atoms with E-state index in [0.717, 1.165) is 16.8 Å². The second-order valence-electron chi connectivity index (χ2n) is 6.14. The van der Waals surface area contributed by atoms with Crippen molar-refractivity contribution in [3.63, 3.8) is 0 Å². The van der Waals surface area contributed by atoms with Gasteiger partial charge in [-0.25, -0.2) is 0 Å². The summed E-state index contributed by atoms with van der Waals surface area (Å²) in [6.07, 6.45) is 0.316. The molecule has 6 heteroatoms. The Morgan fingerprint density at radius 2 is 1.67 bits per heavy atom. The summed E-state index contributed by atoms with van der Waals surface area (Å²) in [6, 6.07) is 9.50. The lowest BCUT2D eigenvalue weighted by molar-refractivity contribution is -0.116. The van der Waals surface area contributed by atoms with E-state index in [0.29, 0.717) is 42.6 Å². The first-order valence-corrected chi connectivity index (χ1v) is 9.07. The number of nitrogens with one attached hydrogen (secondary N) is 1. The van der Waals surface area contributed by atoms with E-state index in [4.69, 9.17) is 18.9 Å². The van der Waals surface area contributed by atoms with Gasteiger partial charge in [-0.05, 0) is 31.5 Å². The zero-order valence-electron chi connectivity index (χ0n) is 16.1. The van der Waals surface area contributed by atoms with Gasteiger partial charge in [0.2, 0.25) is 5.91 Å². The zero-order valence-corrected chi connectivity index (χ0v) is 16.1. The van der Waals surface area contributed by atoms with Crippen molar-refractivity contribution < 1.29 is 23.7 Å². The van der Waals surface area contributed by atoms with Gasteiger partial charge >= 0.3 is 0 Å². The third-order valence-corrected chi connectivity index (χ3v) is 4.56. The number of amides is 1. The summed E-state index contributed by atoms with van der Waals surface area (Å²) >= 11 is 0. The van der Waals surface area contributed by atoms with Gasteiger partial charge in [-0.3, -0.25) is 4.79 Å². The van der Waals surface area contributed by atoms with Crippen molar-refractivity contribution in [1.29, 1.82) is 0 Å². The first-order chi connectivity index (χ1) is 13.1.